The molecule has 4 aromatic carbocycles. The Labute approximate surface area is 275 Å². The second kappa shape index (κ2) is 13.6. The van der Waals surface area contributed by atoms with Gasteiger partial charge in [-0.1, -0.05) is 78.5 Å². The molecule has 2 amide bonds. The van der Waals surface area contributed by atoms with E-state index < -0.39 is 41.4 Å². The number of esters is 1. The lowest BCUT2D eigenvalue weighted by atomic mass is 10.0. The van der Waals surface area contributed by atoms with Crippen LogP contribution in [0.15, 0.2) is 114 Å². The first-order valence-electron chi connectivity index (χ1n) is 14.4. The Morgan fingerprint density at radius 2 is 1.44 bits per heavy atom. The molecule has 0 N–H and O–H groups in total. The highest BCUT2D eigenvalue weighted by molar-refractivity contribution is 8.00. The van der Waals surface area contributed by atoms with E-state index in [9.17, 15) is 32.3 Å². The number of hydrogen-bond donors (Lipinski definition) is 0. The highest BCUT2D eigenvalue weighted by Gasteiger charge is 2.41. The number of nitrogens with zero attached hydrogens (tertiary/aromatic N) is 4. The Morgan fingerprint density at radius 1 is 0.812 bits per heavy atom. The third-order valence-corrected chi connectivity index (χ3v) is 8.45. The summed E-state index contributed by atoms with van der Waals surface area (Å²) in [7, 11) is 0. The number of ether oxygens (including phenoxy) is 1. The minimum atomic E-state index is -4.48. The Balaban J connectivity index is 1.05. The number of rotatable bonds is 9. The molecule has 1 atom stereocenters. The summed E-state index contributed by atoms with van der Waals surface area (Å²) in [5.74, 6) is -2.14. The summed E-state index contributed by atoms with van der Waals surface area (Å²) in [4.78, 5) is 56.6. The van der Waals surface area contributed by atoms with Crippen LogP contribution < -0.4 is 4.90 Å². The van der Waals surface area contributed by atoms with Gasteiger partial charge < -0.3 is 4.74 Å². The molecule has 6 rings (SSSR count). The van der Waals surface area contributed by atoms with Gasteiger partial charge in [0.15, 0.2) is 12.4 Å². The molecule has 0 bridgehead atoms. The van der Waals surface area contributed by atoms with Crippen LogP contribution in [-0.2, 0) is 20.5 Å². The van der Waals surface area contributed by atoms with E-state index in [4.69, 9.17) is 4.74 Å². The molecule has 9 nitrogen and oxygen atoms in total. The van der Waals surface area contributed by atoms with E-state index in [0.717, 1.165) is 39.9 Å². The van der Waals surface area contributed by atoms with E-state index >= 15 is 0 Å². The molecule has 0 aliphatic carbocycles. The van der Waals surface area contributed by atoms with Crippen LogP contribution in [-0.4, -0.2) is 50.6 Å². The fourth-order valence-corrected chi connectivity index (χ4v) is 5.86. The second-order valence-corrected chi connectivity index (χ2v) is 11.7. The predicted octanol–water partition coefficient (Wildman–Crippen LogP) is 6.69. The van der Waals surface area contributed by atoms with E-state index in [1.54, 1.807) is 12.1 Å². The average Bonchev–Trinajstić information content (AvgIpc) is 3.38. The van der Waals surface area contributed by atoms with Gasteiger partial charge in [0.05, 0.1) is 28.7 Å². The predicted molar refractivity (Wildman–Crippen MR) is 170 cm³/mol. The largest absolute Gasteiger partial charge is 0.454 e. The number of halogens is 3. The first-order valence-corrected chi connectivity index (χ1v) is 15.3. The molecule has 48 heavy (non-hydrogen) atoms. The molecule has 0 saturated carbocycles. The van der Waals surface area contributed by atoms with E-state index in [2.05, 4.69) is 15.2 Å². The molecular formula is C35H23F3N4O5S. The van der Waals surface area contributed by atoms with Crippen LogP contribution in [0.3, 0.4) is 0 Å². The number of imide groups is 1. The number of aromatic nitrogens is 3. The topological polar surface area (TPSA) is 119 Å². The van der Waals surface area contributed by atoms with E-state index in [1.165, 1.54) is 42.6 Å². The molecule has 5 aromatic rings. The average molecular weight is 669 g/mol. The van der Waals surface area contributed by atoms with E-state index in [1.807, 2.05) is 42.5 Å². The van der Waals surface area contributed by atoms with Crippen LogP contribution in [0.5, 0.6) is 0 Å². The Kier molecular flexibility index (Phi) is 9.13. The van der Waals surface area contributed by atoms with Gasteiger partial charge in [-0.15, -0.1) is 5.10 Å². The van der Waals surface area contributed by atoms with Gasteiger partial charge in [-0.25, -0.2) is 14.7 Å². The second-order valence-electron chi connectivity index (χ2n) is 10.6. The van der Waals surface area contributed by atoms with Crippen LogP contribution in [0.1, 0.15) is 32.7 Å². The summed E-state index contributed by atoms with van der Waals surface area (Å²) in [6.07, 6.45) is -3.35. The molecule has 13 heteroatoms. The van der Waals surface area contributed by atoms with E-state index in [-0.39, 0.29) is 34.3 Å². The molecule has 1 aromatic heterocycles. The number of carbonyl (C=O) groups excluding carboxylic acids is 4. The smallest absolute Gasteiger partial charge is 0.416 e. The van der Waals surface area contributed by atoms with Gasteiger partial charge in [0.1, 0.15) is 5.25 Å². The molecule has 1 aliphatic heterocycles. The number of ketones is 1. The van der Waals surface area contributed by atoms with Gasteiger partial charge in [0.2, 0.25) is 17.0 Å². The Morgan fingerprint density at radius 3 is 2.10 bits per heavy atom. The zero-order valence-corrected chi connectivity index (χ0v) is 25.6. The first-order chi connectivity index (χ1) is 23.1. The number of anilines is 1. The van der Waals surface area contributed by atoms with Gasteiger partial charge in [-0.3, -0.25) is 14.4 Å². The van der Waals surface area contributed by atoms with Crippen molar-refractivity contribution in [1.29, 1.82) is 0 Å². The van der Waals surface area contributed by atoms with Crippen molar-refractivity contribution in [2.75, 3.05) is 11.5 Å². The fraction of sp³-hybridized carbons (Fsp3) is 0.114. The lowest BCUT2D eigenvalue weighted by Gasteiger charge is -2.15. The van der Waals surface area contributed by atoms with Crippen molar-refractivity contribution in [3.05, 3.63) is 126 Å². The zero-order valence-electron chi connectivity index (χ0n) is 24.8. The molecule has 1 saturated heterocycles. The number of hydrogen-bond acceptors (Lipinski definition) is 9. The standard InChI is InChI=1S/C35H23F3N4O5S/c36-35(37,38)26-14-10-23(11-15-26)28-19-39-41-34(40-28)48-30-18-31(44)42(32(30)45)27-16-12-25(13-17-27)33(46)47-20-29(43)24-8-6-22(7-9-24)21-4-2-1-3-5-21/h1-17,19,30H,18,20H2. The van der Waals surface area contributed by atoms with Crippen LogP contribution in [0, 0.1) is 0 Å². The van der Waals surface area contributed by atoms with Crippen molar-refractivity contribution in [1.82, 2.24) is 15.2 Å². The van der Waals surface area contributed by atoms with Crippen molar-refractivity contribution in [2.24, 2.45) is 0 Å². The maximum absolute atomic E-state index is 13.2. The van der Waals surface area contributed by atoms with Crippen molar-refractivity contribution >= 4 is 41.0 Å². The number of carbonyl (C=O) groups is 4. The third kappa shape index (κ3) is 7.15. The molecule has 2 heterocycles. The SMILES string of the molecule is O=C(COC(=O)c1ccc(N2C(=O)CC(Sc3nncc(-c4ccc(C(F)(F)F)cc4)n3)C2=O)cc1)c1ccc(-c2ccccc2)cc1. The number of Topliss-reactive ketones (excluding diaryl/α,β-unsaturated/α-hetero) is 1. The normalized spacial score (nSPS) is 14.6. The highest BCUT2D eigenvalue weighted by atomic mass is 32.2. The number of alkyl halides is 3. The summed E-state index contributed by atoms with van der Waals surface area (Å²) < 4.78 is 43.9. The number of amides is 2. The summed E-state index contributed by atoms with van der Waals surface area (Å²) in [6, 6.07) is 26.6. The lowest BCUT2D eigenvalue weighted by molar-refractivity contribution is -0.137. The van der Waals surface area contributed by atoms with Gasteiger partial charge in [-0.2, -0.15) is 18.3 Å². The van der Waals surface area contributed by atoms with Crippen LogP contribution >= 0.6 is 11.8 Å². The monoisotopic (exact) mass is 668 g/mol. The summed E-state index contributed by atoms with van der Waals surface area (Å²) in [5, 5.41) is 6.95. The summed E-state index contributed by atoms with van der Waals surface area (Å²) >= 11 is 0.910. The van der Waals surface area contributed by atoms with Gasteiger partial charge in [0.25, 0.3) is 0 Å². The van der Waals surface area contributed by atoms with Crippen LogP contribution in [0.25, 0.3) is 22.4 Å². The van der Waals surface area contributed by atoms with Crippen molar-refractivity contribution in [3.8, 4) is 22.4 Å². The van der Waals surface area contributed by atoms with Crippen molar-refractivity contribution in [2.45, 2.75) is 23.0 Å². The fourth-order valence-electron chi connectivity index (χ4n) is 4.92. The Bertz CT molecular complexity index is 1990. The minimum absolute atomic E-state index is 0.0696. The molecule has 1 fully saturated rings. The Hall–Kier alpha value is -5.69. The third-order valence-electron chi connectivity index (χ3n) is 7.41. The molecule has 0 radical (unpaired) electrons. The van der Waals surface area contributed by atoms with E-state index in [0.29, 0.717) is 11.1 Å². The van der Waals surface area contributed by atoms with Gasteiger partial charge >= 0.3 is 12.1 Å². The van der Waals surface area contributed by atoms with Crippen molar-refractivity contribution < 1.29 is 37.1 Å². The van der Waals surface area contributed by atoms with Gasteiger partial charge in [-0.05, 0) is 47.5 Å². The highest BCUT2D eigenvalue weighted by Crippen LogP contribution is 2.34. The minimum Gasteiger partial charge on any atom is -0.454 e. The lowest BCUT2D eigenvalue weighted by Crippen LogP contribution is -2.31. The summed E-state index contributed by atoms with van der Waals surface area (Å²) in [6.45, 7) is -0.468. The number of thioether (sulfide) groups is 1. The maximum atomic E-state index is 13.2. The van der Waals surface area contributed by atoms with Crippen LogP contribution in [0.4, 0.5) is 18.9 Å². The first kappa shape index (κ1) is 32.3. The van der Waals surface area contributed by atoms with Crippen molar-refractivity contribution in [3.63, 3.8) is 0 Å². The molecule has 0 spiro atoms. The molecule has 240 valence electrons. The summed E-state index contributed by atoms with van der Waals surface area (Å²) in [5.41, 5.74) is 2.51. The molecule has 1 aliphatic rings. The molecule has 1 unspecified atom stereocenters. The number of benzene rings is 4. The zero-order chi connectivity index (χ0) is 33.8. The molecular weight excluding hydrogens is 645 g/mol. The maximum Gasteiger partial charge on any atom is 0.416 e. The van der Waals surface area contributed by atoms with Crippen LogP contribution in [0.2, 0.25) is 0 Å². The quantitative estimate of drug-likeness (QED) is 0.0962. The van der Waals surface area contributed by atoms with Gasteiger partial charge in [0, 0.05) is 17.5 Å².